The molecular weight excluding hydrogens is 328 g/mol. The van der Waals surface area contributed by atoms with Gasteiger partial charge >= 0.3 is 0 Å². The molecule has 1 unspecified atom stereocenters. The van der Waals surface area contributed by atoms with Gasteiger partial charge in [-0.2, -0.15) is 0 Å². The highest BCUT2D eigenvalue weighted by Crippen LogP contribution is 2.28. The molecule has 0 heterocycles. The topological polar surface area (TPSA) is 35.2 Å². The fourth-order valence-corrected chi connectivity index (χ4v) is 2.57. The van der Waals surface area contributed by atoms with Crippen LogP contribution in [0.4, 0.5) is 8.78 Å². The SMILES string of the molecule is COc1ccc(Br)c(C(N)Cc2cc(F)cc(F)c2)c1. The van der Waals surface area contributed by atoms with Crippen molar-refractivity contribution < 1.29 is 13.5 Å². The van der Waals surface area contributed by atoms with E-state index in [0.717, 1.165) is 16.1 Å². The van der Waals surface area contributed by atoms with Gasteiger partial charge in [-0.25, -0.2) is 8.78 Å². The third-order valence-corrected chi connectivity index (χ3v) is 3.70. The number of methoxy groups -OCH3 is 1. The van der Waals surface area contributed by atoms with Gasteiger partial charge < -0.3 is 10.5 Å². The van der Waals surface area contributed by atoms with Gasteiger partial charge in [0.2, 0.25) is 0 Å². The minimum atomic E-state index is -0.600. The van der Waals surface area contributed by atoms with Crippen molar-refractivity contribution in [1.29, 1.82) is 0 Å². The average Bonchev–Trinajstić information content (AvgIpc) is 2.37. The Balaban J connectivity index is 2.25. The molecule has 2 rings (SSSR count). The van der Waals surface area contributed by atoms with Gasteiger partial charge in [0.1, 0.15) is 17.4 Å². The van der Waals surface area contributed by atoms with E-state index in [4.69, 9.17) is 10.5 Å². The third kappa shape index (κ3) is 3.55. The smallest absolute Gasteiger partial charge is 0.126 e. The van der Waals surface area contributed by atoms with Crippen molar-refractivity contribution in [2.45, 2.75) is 12.5 Å². The number of ether oxygens (including phenoxy) is 1. The van der Waals surface area contributed by atoms with Crippen LogP contribution in [0.3, 0.4) is 0 Å². The molecule has 20 heavy (non-hydrogen) atoms. The quantitative estimate of drug-likeness (QED) is 0.912. The van der Waals surface area contributed by atoms with E-state index in [2.05, 4.69) is 15.9 Å². The second-order valence-electron chi connectivity index (χ2n) is 4.48. The zero-order valence-electron chi connectivity index (χ0n) is 10.9. The fraction of sp³-hybridized carbons (Fsp3) is 0.200. The highest BCUT2D eigenvalue weighted by molar-refractivity contribution is 9.10. The molecule has 0 aliphatic heterocycles. The Morgan fingerprint density at radius 1 is 1.15 bits per heavy atom. The first kappa shape index (κ1) is 14.9. The largest absolute Gasteiger partial charge is 0.497 e. The number of nitrogens with two attached hydrogens (primary N) is 1. The van der Waals surface area contributed by atoms with Crippen molar-refractivity contribution in [1.82, 2.24) is 0 Å². The van der Waals surface area contributed by atoms with Gasteiger partial charge in [-0.15, -0.1) is 0 Å². The van der Waals surface area contributed by atoms with Crippen LogP contribution in [0.2, 0.25) is 0 Å². The maximum Gasteiger partial charge on any atom is 0.126 e. The number of rotatable bonds is 4. The number of hydrogen-bond acceptors (Lipinski definition) is 2. The summed E-state index contributed by atoms with van der Waals surface area (Å²) in [5.74, 6) is -0.516. The molecule has 2 aromatic rings. The molecule has 0 amide bonds. The van der Waals surface area contributed by atoms with E-state index >= 15 is 0 Å². The van der Waals surface area contributed by atoms with Gasteiger partial charge in [0.15, 0.2) is 0 Å². The van der Waals surface area contributed by atoms with Crippen molar-refractivity contribution in [3.63, 3.8) is 0 Å². The Labute approximate surface area is 124 Å². The lowest BCUT2D eigenvalue weighted by Gasteiger charge is -2.15. The van der Waals surface area contributed by atoms with Crippen molar-refractivity contribution in [2.75, 3.05) is 7.11 Å². The highest BCUT2D eigenvalue weighted by atomic mass is 79.9. The van der Waals surface area contributed by atoms with Gasteiger partial charge in [-0.1, -0.05) is 15.9 Å². The minimum absolute atomic E-state index is 0.334. The van der Waals surface area contributed by atoms with Crippen LogP contribution in [-0.2, 0) is 6.42 Å². The van der Waals surface area contributed by atoms with E-state index in [9.17, 15) is 8.78 Å². The van der Waals surface area contributed by atoms with Crippen LogP contribution in [0.15, 0.2) is 40.9 Å². The molecule has 106 valence electrons. The normalized spacial score (nSPS) is 12.2. The maximum atomic E-state index is 13.2. The average molecular weight is 342 g/mol. The van der Waals surface area contributed by atoms with E-state index in [1.165, 1.54) is 12.1 Å². The van der Waals surface area contributed by atoms with Crippen LogP contribution in [0.25, 0.3) is 0 Å². The summed E-state index contributed by atoms with van der Waals surface area (Å²) >= 11 is 3.42. The van der Waals surface area contributed by atoms with E-state index in [-0.39, 0.29) is 6.04 Å². The molecule has 0 aromatic heterocycles. The first-order valence-electron chi connectivity index (χ1n) is 6.03. The lowest BCUT2D eigenvalue weighted by atomic mass is 9.99. The summed E-state index contributed by atoms with van der Waals surface area (Å²) in [6.07, 6.45) is 0.334. The molecule has 0 bridgehead atoms. The zero-order chi connectivity index (χ0) is 14.7. The number of hydrogen-bond donors (Lipinski definition) is 1. The van der Waals surface area contributed by atoms with Crippen molar-refractivity contribution in [2.24, 2.45) is 5.73 Å². The summed E-state index contributed by atoms with van der Waals surface area (Å²) in [6.45, 7) is 0. The Morgan fingerprint density at radius 2 is 1.80 bits per heavy atom. The molecule has 2 nitrogen and oxygen atoms in total. The van der Waals surface area contributed by atoms with Crippen molar-refractivity contribution in [3.8, 4) is 5.75 Å². The second-order valence-corrected chi connectivity index (χ2v) is 5.33. The first-order valence-corrected chi connectivity index (χ1v) is 6.83. The summed E-state index contributed by atoms with van der Waals surface area (Å²) in [4.78, 5) is 0. The second kappa shape index (κ2) is 6.33. The predicted octanol–water partition coefficient (Wildman–Crippen LogP) is 3.98. The predicted molar refractivity (Wildman–Crippen MR) is 77.7 cm³/mol. The van der Waals surface area contributed by atoms with Crippen LogP contribution in [0.1, 0.15) is 17.2 Å². The summed E-state index contributed by atoms with van der Waals surface area (Å²) in [7, 11) is 1.57. The van der Waals surface area contributed by atoms with Crippen LogP contribution >= 0.6 is 15.9 Å². The van der Waals surface area contributed by atoms with Crippen LogP contribution < -0.4 is 10.5 Å². The van der Waals surface area contributed by atoms with Gasteiger partial charge in [-0.05, 0) is 47.9 Å². The Morgan fingerprint density at radius 3 is 2.40 bits per heavy atom. The molecule has 0 spiro atoms. The van der Waals surface area contributed by atoms with Gasteiger partial charge in [0.25, 0.3) is 0 Å². The van der Waals surface area contributed by atoms with Crippen LogP contribution in [-0.4, -0.2) is 7.11 Å². The van der Waals surface area contributed by atoms with E-state index < -0.39 is 11.6 Å². The molecule has 0 fully saturated rings. The maximum absolute atomic E-state index is 13.2. The van der Waals surface area contributed by atoms with Crippen molar-refractivity contribution in [3.05, 3.63) is 63.6 Å². The zero-order valence-corrected chi connectivity index (χ0v) is 12.5. The van der Waals surface area contributed by atoms with E-state index in [1.807, 2.05) is 18.2 Å². The van der Waals surface area contributed by atoms with Crippen LogP contribution in [0.5, 0.6) is 5.75 Å². The molecule has 1 atom stereocenters. The number of halogens is 3. The summed E-state index contributed by atoms with van der Waals surface area (Å²) in [5, 5.41) is 0. The summed E-state index contributed by atoms with van der Waals surface area (Å²) in [6, 6.07) is 8.48. The van der Waals surface area contributed by atoms with Gasteiger partial charge in [0, 0.05) is 16.6 Å². The molecule has 2 aromatic carbocycles. The summed E-state index contributed by atoms with van der Waals surface area (Å²) < 4.78 is 32.3. The molecule has 5 heteroatoms. The Bertz CT molecular complexity index is 599. The monoisotopic (exact) mass is 341 g/mol. The molecule has 2 N–H and O–H groups in total. The van der Waals surface area contributed by atoms with Gasteiger partial charge in [-0.3, -0.25) is 0 Å². The minimum Gasteiger partial charge on any atom is -0.497 e. The lowest BCUT2D eigenvalue weighted by Crippen LogP contribution is -2.14. The van der Waals surface area contributed by atoms with E-state index in [1.54, 1.807) is 7.11 Å². The van der Waals surface area contributed by atoms with E-state index in [0.29, 0.717) is 17.7 Å². The first-order chi connectivity index (χ1) is 9.49. The Kier molecular flexibility index (Phi) is 4.73. The fourth-order valence-electron chi connectivity index (χ4n) is 2.03. The molecule has 0 aliphatic carbocycles. The molecule has 0 saturated carbocycles. The molecule has 0 saturated heterocycles. The highest BCUT2D eigenvalue weighted by Gasteiger charge is 2.13. The molecule has 0 radical (unpaired) electrons. The summed E-state index contributed by atoms with van der Waals surface area (Å²) in [5.41, 5.74) is 7.47. The standard InChI is InChI=1S/C15H14BrF2NO/c1-20-12-2-3-14(16)13(8-12)15(19)6-9-4-10(17)7-11(18)5-9/h2-5,7-8,15H,6,19H2,1H3. The van der Waals surface area contributed by atoms with Crippen molar-refractivity contribution >= 4 is 15.9 Å². The molecular formula is C15H14BrF2NO. The van der Waals surface area contributed by atoms with Gasteiger partial charge in [0.05, 0.1) is 7.11 Å². The van der Waals surface area contributed by atoms with Crippen LogP contribution in [0, 0.1) is 11.6 Å². The lowest BCUT2D eigenvalue weighted by molar-refractivity contribution is 0.413. The molecule has 0 aliphatic rings. The third-order valence-electron chi connectivity index (χ3n) is 2.98. The Hall–Kier alpha value is -1.46. The number of benzene rings is 2.